The number of halogens is 3. The molecular formula is C10H7ClFIN2. The average Bonchev–Trinajstić information content (AvgIpc) is 2.64. The Bertz CT molecular complexity index is 484. The minimum absolute atomic E-state index is 0.267. The number of benzene rings is 1. The van der Waals surface area contributed by atoms with E-state index in [2.05, 4.69) is 27.7 Å². The topological polar surface area (TPSA) is 17.8 Å². The first-order valence-corrected chi connectivity index (χ1v) is 5.87. The maximum Gasteiger partial charge on any atom is 0.123 e. The molecule has 0 aliphatic carbocycles. The van der Waals surface area contributed by atoms with Crippen molar-refractivity contribution >= 4 is 34.2 Å². The summed E-state index contributed by atoms with van der Waals surface area (Å²) < 4.78 is 15.7. The predicted octanol–water partition coefficient (Wildman–Crippen LogP) is 3.35. The van der Waals surface area contributed by atoms with Crippen molar-refractivity contribution in [3.8, 4) is 5.69 Å². The maximum absolute atomic E-state index is 13.0. The highest BCUT2D eigenvalue weighted by Crippen LogP contribution is 2.18. The van der Waals surface area contributed by atoms with Gasteiger partial charge in [0.1, 0.15) is 5.82 Å². The summed E-state index contributed by atoms with van der Waals surface area (Å²) in [5.74, 6) is -0.0139. The Kier molecular flexibility index (Phi) is 3.25. The molecule has 0 unspecified atom stereocenters. The summed E-state index contributed by atoms with van der Waals surface area (Å²) in [4.78, 5) is 0. The van der Waals surface area contributed by atoms with Gasteiger partial charge in [0.2, 0.25) is 0 Å². The third-order valence-electron chi connectivity index (χ3n) is 1.98. The van der Waals surface area contributed by atoms with Crippen molar-refractivity contribution in [3.63, 3.8) is 0 Å². The van der Waals surface area contributed by atoms with Crippen LogP contribution >= 0.6 is 34.2 Å². The Morgan fingerprint density at radius 1 is 1.47 bits per heavy atom. The third kappa shape index (κ3) is 2.31. The monoisotopic (exact) mass is 336 g/mol. The summed E-state index contributed by atoms with van der Waals surface area (Å²) in [7, 11) is 0. The van der Waals surface area contributed by atoms with E-state index in [1.165, 1.54) is 12.1 Å². The summed E-state index contributed by atoms with van der Waals surface area (Å²) in [5, 5.41) is 4.15. The standard InChI is InChI=1S/C10H7ClFIN2/c11-4-7-3-8(12)1-2-10(7)15-6-9(13)5-14-15/h1-3,5-6H,4H2. The molecule has 1 aromatic heterocycles. The van der Waals surface area contributed by atoms with E-state index in [4.69, 9.17) is 11.6 Å². The van der Waals surface area contributed by atoms with Gasteiger partial charge in [0, 0.05) is 12.1 Å². The third-order valence-corrected chi connectivity index (χ3v) is 2.83. The smallest absolute Gasteiger partial charge is 0.123 e. The molecule has 2 aromatic rings. The highest BCUT2D eigenvalue weighted by Gasteiger charge is 2.06. The van der Waals surface area contributed by atoms with Gasteiger partial charge in [-0.1, -0.05) is 0 Å². The second-order valence-electron chi connectivity index (χ2n) is 3.01. The number of hydrogen-bond donors (Lipinski definition) is 0. The molecule has 0 fully saturated rings. The zero-order valence-electron chi connectivity index (χ0n) is 7.62. The molecule has 0 amide bonds. The first kappa shape index (κ1) is 10.9. The van der Waals surface area contributed by atoms with Crippen LogP contribution in [0.15, 0.2) is 30.6 Å². The minimum atomic E-state index is -0.281. The summed E-state index contributed by atoms with van der Waals surface area (Å²) >= 11 is 7.92. The molecule has 0 spiro atoms. The molecule has 2 rings (SSSR count). The van der Waals surface area contributed by atoms with Gasteiger partial charge in [-0.25, -0.2) is 9.07 Å². The van der Waals surface area contributed by atoms with Crippen LogP contribution in [0.5, 0.6) is 0 Å². The lowest BCUT2D eigenvalue weighted by atomic mass is 10.2. The highest BCUT2D eigenvalue weighted by molar-refractivity contribution is 14.1. The van der Waals surface area contributed by atoms with E-state index >= 15 is 0 Å². The molecule has 0 atom stereocenters. The van der Waals surface area contributed by atoms with Crippen LogP contribution in [0.4, 0.5) is 4.39 Å². The van der Waals surface area contributed by atoms with Gasteiger partial charge in [0.15, 0.2) is 0 Å². The molecule has 0 radical (unpaired) electrons. The first-order valence-electron chi connectivity index (χ1n) is 4.25. The molecule has 0 aliphatic rings. The van der Waals surface area contributed by atoms with Crippen LogP contribution in [0.1, 0.15) is 5.56 Å². The van der Waals surface area contributed by atoms with Crippen molar-refractivity contribution < 1.29 is 4.39 Å². The molecule has 0 bridgehead atoms. The Balaban J connectivity index is 2.52. The van der Waals surface area contributed by atoms with E-state index in [1.54, 1.807) is 16.9 Å². The minimum Gasteiger partial charge on any atom is -0.240 e. The van der Waals surface area contributed by atoms with E-state index in [0.717, 1.165) is 14.8 Å². The van der Waals surface area contributed by atoms with Crippen LogP contribution in [-0.2, 0) is 5.88 Å². The van der Waals surface area contributed by atoms with Crippen molar-refractivity contribution in [2.45, 2.75) is 5.88 Å². The molecule has 0 saturated carbocycles. The van der Waals surface area contributed by atoms with Crippen LogP contribution in [0, 0.1) is 9.39 Å². The van der Waals surface area contributed by atoms with Crippen LogP contribution in [-0.4, -0.2) is 9.78 Å². The van der Waals surface area contributed by atoms with Gasteiger partial charge in [-0.15, -0.1) is 11.6 Å². The summed E-state index contributed by atoms with van der Waals surface area (Å²) in [6.07, 6.45) is 3.60. The van der Waals surface area contributed by atoms with Gasteiger partial charge < -0.3 is 0 Å². The fourth-order valence-electron chi connectivity index (χ4n) is 1.32. The van der Waals surface area contributed by atoms with Crippen LogP contribution in [0.25, 0.3) is 5.69 Å². The fourth-order valence-corrected chi connectivity index (χ4v) is 1.92. The zero-order chi connectivity index (χ0) is 10.8. The number of aromatic nitrogens is 2. The normalized spacial score (nSPS) is 10.6. The summed E-state index contributed by atoms with van der Waals surface area (Å²) in [6, 6.07) is 4.51. The van der Waals surface area contributed by atoms with E-state index in [0.29, 0.717) is 0 Å². The Morgan fingerprint density at radius 3 is 2.87 bits per heavy atom. The molecule has 5 heteroatoms. The number of rotatable bonds is 2. The lowest BCUT2D eigenvalue weighted by Gasteiger charge is -2.06. The lowest BCUT2D eigenvalue weighted by molar-refractivity contribution is 0.625. The molecule has 2 nitrogen and oxygen atoms in total. The first-order chi connectivity index (χ1) is 7.20. The van der Waals surface area contributed by atoms with Crippen molar-refractivity contribution in [3.05, 3.63) is 45.5 Å². The molecule has 78 valence electrons. The summed E-state index contributed by atoms with van der Waals surface area (Å²) in [6.45, 7) is 0. The van der Waals surface area contributed by atoms with Crippen molar-refractivity contribution in [2.75, 3.05) is 0 Å². The van der Waals surface area contributed by atoms with Crippen molar-refractivity contribution in [1.29, 1.82) is 0 Å². The molecule has 15 heavy (non-hydrogen) atoms. The van der Waals surface area contributed by atoms with Gasteiger partial charge in [-0.2, -0.15) is 5.10 Å². The van der Waals surface area contributed by atoms with E-state index in [1.807, 2.05) is 6.20 Å². The highest BCUT2D eigenvalue weighted by atomic mass is 127. The van der Waals surface area contributed by atoms with Crippen LogP contribution < -0.4 is 0 Å². The Hall–Kier alpha value is -0.620. The van der Waals surface area contributed by atoms with Gasteiger partial charge in [-0.3, -0.25) is 0 Å². The van der Waals surface area contributed by atoms with Crippen LogP contribution in [0.2, 0.25) is 0 Å². The second-order valence-corrected chi connectivity index (χ2v) is 4.52. The van der Waals surface area contributed by atoms with Crippen molar-refractivity contribution in [2.24, 2.45) is 0 Å². The number of nitrogens with zero attached hydrogens (tertiary/aromatic N) is 2. The van der Waals surface area contributed by atoms with Gasteiger partial charge >= 0.3 is 0 Å². The second kappa shape index (κ2) is 4.49. The Labute approximate surface area is 105 Å². The van der Waals surface area contributed by atoms with E-state index < -0.39 is 0 Å². The van der Waals surface area contributed by atoms with Gasteiger partial charge in [0.05, 0.1) is 15.5 Å². The fraction of sp³-hybridized carbons (Fsp3) is 0.100. The van der Waals surface area contributed by atoms with Crippen LogP contribution in [0.3, 0.4) is 0 Å². The lowest BCUT2D eigenvalue weighted by Crippen LogP contribution is -1.99. The molecule has 1 heterocycles. The van der Waals surface area contributed by atoms with E-state index in [9.17, 15) is 4.39 Å². The van der Waals surface area contributed by atoms with E-state index in [-0.39, 0.29) is 11.7 Å². The summed E-state index contributed by atoms with van der Waals surface area (Å²) in [5.41, 5.74) is 1.55. The molecule has 0 N–H and O–H groups in total. The van der Waals surface area contributed by atoms with Gasteiger partial charge in [-0.05, 0) is 46.4 Å². The zero-order valence-corrected chi connectivity index (χ0v) is 10.5. The number of alkyl halides is 1. The van der Waals surface area contributed by atoms with Crippen molar-refractivity contribution in [1.82, 2.24) is 9.78 Å². The molecule has 0 aliphatic heterocycles. The number of hydrogen-bond acceptors (Lipinski definition) is 1. The quantitative estimate of drug-likeness (QED) is 0.607. The SMILES string of the molecule is Fc1ccc(-n2cc(I)cn2)c(CCl)c1. The molecular weight excluding hydrogens is 329 g/mol. The largest absolute Gasteiger partial charge is 0.240 e. The maximum atomic E-state index is 13.0. The average molecular weight is 337 g/mol. The molecule has 0 saturated heterocycles. The predicted molar refractivity (Wildman–Crippen MR) is 65.8 cm³/mol. The van der Waals surface area contributed by atoms with Gasteiger partial charge in [0.25, 0.3) is 0 Å². The molecule has 1 aromatic carbocycles. The Morgan fingerprint density at radius 2 is 2.27 bits per heavy atom.